The minimum Gasteiger partial charge on any atom is -0.394 e. The topological polar surface area (TPSA) is 38.8 Å². The van der Waals surface area contributed by atoms with E-state index in [1.807, 2.05) is 18.2 Å². The quantitative estimate of drug-likeness (QED) is 0.568. The van der Waals surface area contributed by atoms with Crippen LogP contribution in [0.5, 0.6) is 5.75 Å². The fourth-order valence-electron chi connectivity index (χ4n) is 1.66. The number of piperidine rings is 1. The SMILES string of the molecule is O=C(Oc1ccccc1)ON1CCCCC1. The summed E-state index contributed by atoms with van der Waals surface area (Å²) in [5.41, 5.74) is 0. The number of rotatable bonds is 2. The molecule has 16 heavy (non-hydrogen) atoms. The largest absolute Gasteiger partial charge is 0.533 e. The summed E-state index contributed by atoms with van der Waals surface area (Å²) in [4.78, 5) is 16.5. The van der Waals surface area contributed by atoms with E-state index in [1.54, 1.807) is 17.2 Å². The van der Waals surface area contributed by atoms with Crippen LogP contribution in [0.2, 0.25) is 0 Å². The molecule has 0 saturated carbocycles. The molecule has 1 aliphatic heterocycles. The Kier molecular flexibility index (Phi) is 3.77. The highest BCUT2D eigenvalue weighted by Crippen LogP contribution is 2.12. The van der Waals surface area contributed by atoms with E-state index in [0.29, 0.717) is 5.75 Å². The minimum absolute atomic E-state index is 0.504. The van der Waals surface area contributed by atoms with Crippen molar-refractivity contribution in [3.8, 4) is 5.75 Å². The zero-order chi connectivity index (χ0) is 11.2. The van der Waals surface area contributed by atoms with Gasteiger partial charge in [-0.15, -0.1) is 5.06 Å². The molecular weight excluding hydrogens is 206 g/mol. The Morgan fingerprint density at radius 3 is 2.44 bits per heavy atom. The second kappa shape index (κ2) is 5.51. The van der Waals surface area contributed by atoms with Gasteiger partial charge in [-0.05, 0) is 25.0 Å². The van der Waals surface area contributed by atoms with Crippen LogP contribution < -0.4 is 4.74 Å². The van der Waals surface area contributed by atoms with Crippen molar-refractivity contribution in [1.29, 1.82) is 0 Å². The van der Waals surface area contributed by atoms with Gasteiger partial charge < -0.3 is 9.57 Å². The van der Waals surface area contributed by atoms with E-state index in [2.05, 4.69) is 0 Å². The summed E-state index contributed by atoms with van der Waals surface area (Å²) >= 11 is 0. The van der Waals surface area contributed by atoms with Crippen molar-refractivity contribution in [2.24, 2.45) is 0 Å². The molecule has 0 unspecified atom stereocenters. The predicted octanol–water partition coefficient (Wildman–Crippen LogP) is 2.60. The van der Waals surface area contributed by atoms with Gasteiger partial charge in [0.15, 0.2) is 0 Å². The number of hydroxylamine groups is 2. The Hall–Kier alpha value is -1.55. The molecule has 0 spiro atoms. The van der Waals surface area contributed by atoms with Crippen LogP contribution in [0, 0.1) is 0 Å². The predicted molar refractivity (Wildman–Crippen MR) is 59.0 cm³/mol. The van der Waals surface area contributed by atoms with E-state index in [4.69, 9.17) is 9.57 Å². The normalized spacial score (nSPS) is 16.8. The average molecular weight is 221 g/mol. The van der Waals surface area contributed by atoms with E-state index in [0.717, 1.165) is 25.9 Å². The van der Waals surface area contributed by atoms with Crippen molar-refractivity contribution in [2.75, 3.05) is 13.1 Å². The van der Waals surface area contributed by atoms with E-state index in [9.17, 15) is 4.79 Å². The molecule has 0 bridgehead atoms. The van der Waals surface area contributed by atoms with Crippen molar-refractivity contribution in [2.45, 2.75) is 19.3 Å². The number of para-hydroxylation sites is 1. The van der Waals surface area contributed by atoms with Gasteiger partial charge in [-0.2, -0.15) is 0 Å². The lowest BCUT2D eigenvalue weighted by Crippen LogP contribution is -2.33. The van der Waals surface area contributed by atoms with Crippen molar-refractivity contribution >= 4 is 6.16 Å². The molecular formula is C12H15NO3. The lowest BCUT2D eigenvalue weighted by atomic mass is 10.2. The Balaban J connectivity index is 1.80. The van der Waals surface area contributed by atoms with Crippen LogP contribution in [0.1, 0.15) is 19.3 Å². The first-order chi connectivity index (χ1) is 7.84. The summed E-state index contributed by atoms with van der Waals surface area (Å²) in [6.07, 6.45) is 2.68. The molecule has 86 valence electrons. The number of carbonyl (C=O) groups is 1. The molecule has 2 rings (SSSR count). The summed E-state index contributed by atoms with van der Waals surface area (Å²) in [5.74, 6) is 0.504. The van der Waals surface area contributed by atoms with Gasteiger partial charge in [0.25, 0.3) is 0 Å². The smallest absolute Gasteiger partial charge is 0.394 e. The third-order valence-electron chi connectivity index (χ3n) is 2.46. The average Bonchev–Trinajstić information content (AvgIpc) is 2.31. The highest BCUT2D eigenvalue weighted by Gasteiger charge is 2.16. The number of benzene rings is 1. The van der Waals surface area contributed by atoms with Crippen molar-refractivity contribution in [1.82, 2.24) is 5.06 Å². The van der Waals surface area contributed by atoms with E-state index in [-0.39, 0.29) is 0 Å². The molecule has 0 N–H and O–H groups in total. The Labute approximate surface area is 94.7 Å². The lowest BCUT2D eigenvalue weighted by molar-refractivity contribution is -0.126. The first kappa shape index (κ1) is 11.0. The van der Waals surface area contributed by atoms with Crippen LogP contribution in [0.25, 0.3) is 0 Å². The molecule has 4 nitrogen and oxygen atoms in total. The summed E-state index contributed by atoms with van der Waals surface area (Å²) in [5, 5.41) is 1.66. The maximum absolute atomic E-state index is 11.4. The number of nitrogens with zero attached hydrogens (tertiary/aromatic N) is 1. The first-order valence-electron chi connectivity index (χ1n) is 5.54. The van der Waals surface area contributed by atoms with E-state index >= 15 is 0 Å². The molecule has 0 radical (unpaired) electrons. The summed E-state index contributed by atoms with van der Waals surface area (Å²) in [6.45, 7) is 1.59. The summed E-state index contributed by atoms with van der Waals surface area (Å²) in [6, 6.07) is 8.92. The molecule has 0 atom stereocenters. The third kappa shape index (κ3) is 3.24. The Morgan fingerprint density at radius 1 is 1.06 bits per heavy atom. The molecule has 1 heterocycles. The molecule has 1 fully saturated rings. The lowest BCUT2D eigenvalue weighted by Gasteiger charge is -2.24. The van der Waals surface area contributed by atoms with Gasteiger partial charge in [-0.1, -0.05) is 24.6 Å². The molecule has 0 aliphatic carbocycles. The van der Waals surface area contributed by atoms with Gasteiger partial charge >= 0.3 is 6.16 Å². The van der Waals surface area contributed by atoms with Gasteiger partial charge in [-0.3, -0.25) is 0 Å². The number of carbonyl (C=O) groups excluding carboxylic acids is 1. The third-order valence-corrected chi connectivity index (χ3v) is 2.46. The fraction of sp³-hybridized carbons (Fsp3) is 0.417. The zero-order valence-electron chi connectivity index (χ0n) is 9.09. The van der Waals surface area contributed by atoms with Crippen LogP contribution in [0.15, 0.2) is 30.3 Å². The van der Waals surface area contributed by atoms with Gasteiger partial charge in [0, 0.05) is 13.1 Å². The maximum Gasteiger partial charge on any atom is 0.533 e. The van der Waals surface area contributed by atoms with Crippen molar-refractivity contribution in [3.63, 3.8) is 0 Å². The van der Waals surface area contributed by atoms with Crippen LogP contribution in [0.3, 0.4) is 0 Å². The standard InChI is InChI=1S/C12H15NO3/c14-12(15-11-7-3-1-4-8-11)16-13-9-5-2-6-10-13/h1,3-4,7-8H,2,5-6,9-10H2. The second-order valence-corrected chi connectivity index (χ2v) is 3.75. The zero-order valence-corrected chi connectivity index (χ0v) is 9.09. The minimum atomic E-state index is -0.659. The second-order valence-electron chi connectivity index (χ2n) is 3.75. The van der Waals surface area contributed by atoms with E-state index < -0.39 is 6.16 Å². The Morgan fingerprint density at radius 2 is 1.75 bits per heavy atom. The van der Waals surface area contributed by atoms with Crippen LogP contribution in [-0.4, -0.2) is 24.3 Å². The van der Waals surface area contributed by atoms with Crippen molar-refractivity contribution < 1.29 is 14.4 Å². The monoisotopic (exact) mass is 221 g/mol. The number of hydrogen-bond acceptors (Lipinski definition) is 4. The highest BCUT2D eigenvalue weighted by atomic mass is 16.8. The Bertz CT molecular complexity index is 333. The van der Waals surface area contributed by atoms with Crippen molar-refractivity contribution in [3.05, 3.63) is 30.3 Å². The van der Waals surface area contributed by atoms with Gasteiger partial charge in [0.2, 0.25) is 0 Å². The van der Waals surface area contributed by atoms with E-state index in [1.165, 1.54) is 6.42 Å². The molecule has 0 amide bonds. The van der Waals surface area contributed by atoms with Crippen LogP contribution in [0.4, 0.5) is 4.79 Å². The molecule has 1 aromatic rings. The van der Waals surface area contributed by atoms with Gasteiger partial charge in [0.05, 0.1) is 0 Å². The molecule has 1 saturated heterocycles. The van der Waals surface area contributed by atoms with Crippen LogP contribution >= 0.6 is 0 Å². The number of hydrogen-bond donors (Lipinski definition) is 0. The van der Waals surface area contributed by atoms with Gasteiger partial charge in [-0.25, -0.2) is 4.79 Å². The maximum atomic E-state index is 11.4. The summed E-state index contributed by atoms with van der Waals surface area (Å²) in [7, 11) is 0. The first-order valence-corrected chi connectivity index (χ1v) is 5.54. The molecule has 4 heteroatoms. The fourth-order valence-corrected chi connectivity index (χ4v) is 1.66. The summed E-state index contributed by atoms with van der Waals surface area (Å²) < 4.78 is 5.01. The number of ether oxygens (including phenoxy) is 1. The van der Waals surface area contributed by atoms with Crippen LogP contribution in [-0.2, 0) is 4.84 Å². The molecule has 0 aromatic heterocycles. The highest BCUT2D eigenvalue weighted by molar-refractivity contribution is 5.63. The molecule has 1 aromatic carbocycles. The van der Waals surface area contributed by atoms with Gasteiger partial charge in [0.1, 0.15) is 5.75 Å². The molecule has 1 aliphatic rings.